The van der Waals surface area contributed by atoms with E-state index in [-0.39, 0.29) is 5.54 Å². The van der Waals surface area contributed by atoms with Crippen LogP contribution >= 0.6 is 11.3 Å². The average Bonchev–Trinajstić information content (AvgIpc) is 2.77. The molecule has 0 spiro atoms. The van der Waals surface area contributed by atoms with Crippen molar-refractivity contribution in [3.63, 3.8) is 0 Å². The molecule has 1 aliphatic heterocycles. The van der Waals surface area contributed by atoms with Crippen LogP contribution in [0.4, 0.5) is 0 Å². The highest BCUT2D eigenvalue weighted by Crippen LogP contribution is 2.14. The van der Waals surface area contributed by atoms with Gasteiger partial charge in [-0.25, -0.2) is 0 Å². The predicted molar refractivity (Wildman–Crippen MR) is 58.4 cm³/mol. The molecule has 0 amide bonds. The van der Waals surface area contributed by atoms with E-state index >= 15 is 0 Å². The molecule has 0 bridgehead atoms. The van der Waals surface area contributed by atoms with E-state index in [2.05, 4.69) is 22.8 Å². The van der Waals surface area contributed by atoms with Gasteiger partial charge in [-0.2, -0.15) is 0 Å². The zero-order valence-electron chi connectivity index (χ0n) is 8.16. The summed E-state index contributed by atoms with van der Waals surface area (Å²) in [7, 11) is 0. The quantitative estimate of drug-likeness (QED) is 0.781. The molecular formula is C10H16N2OS. The van der Waals surface area contributed by atoms with Gasteiger partial charge in [-0.15, -0.1) is 11.3 Å². The van der Waals surface area contributed by atoms with Crippen LogP contribution in [0.5, 0.6) is 0 Å². The first kappa shape index (κ1) is 10.1. The highest BCUT2D eigenvalue weighted by atomic mass is 32.1. The summed E-state index contributed by atoms with van der Waals surface area (Å²) in [5.74, 6) is 0. The van der Waals surface area contributed by atoms with Crippen molar-refractivity contribution in [1.29, 1.82) is 0 Å². The lowest BCUT2D eigenvalue weighted by Gasteiger charge is -2.21. The van der Waals surface area contributed by atoms with E-state index < -0.39 is 0 Å². The molecule has 1 saturated heterocycles. The molecule has 1 fully saturated rings. The molecule has 14 heavy (non-hydrogen) atoms. The minimum absolute atomic E-state index is 0.142. The van der Waals surface area contributed by atoms with Gasteiger partial charge in [-0.05, 0) is 17.9 Å². The van der Waals surface area contributed by atoms with E-state index in [1.165, 1.54) is 4.88 Å². The van der Waals surface area contributed by atoms with Crippen LogP contribution in [-0.2, 0) is 11.3 Å². The maximum Gasteiger partial charge on any atom is 0.0659 e. The van der Waals surface area contributed by atoms with Gasteiger partial charge in [0.15, 0.2) is 0 Å². The molecule has 1 aromatic heterocycles. The molecule has 2 rings (SSSR count). The predicted octanol–water partition coefficient (Wildman–Crippen LogP) is 0.955. The number of nitrogens with two attached hydrogens (primary N) is 1. The Balaban J connectivity index is 1.72. The number of hydrogen-bond acceptors (Lipinski definition) is 4. The minimum Gasteiger partial charge on any atom is -0.379 e. The minimum atomic E-state index is -0.142. The van der Waals surface area contributed by atoms with Gasteiger partial charge >= 0.3 is 0 Å². The van der Waals surface area contributed by atoms with Gasteiger partial charge in [0.25, 0.3) is 0 Å². The lowest BCUT2D eigenvalue weighted by Crippen LogP contribution is -2.49. The fourth-order valence-electron chi connectivity index (χ4n) is 1.61. The third kappa shape index (κ3) is 2.54. The zero-order chi connectivity index (χ0) is 9.86. The molecule has 1 aromatic rings. The van der Waals surface area contributed by atoms with Crippen LogP contribution in [0.1, 0.15) is 11.3 Å². The highest BCUT2D eigenvalue weighted by molar-refractivity contribution is 7.09. The molecule has 4 heteroatoms. The molecule has 1 aliphatic rings. The van der Waals surface area contributed by atoms with Crippen LogP contribution in [0.25, 0.3) is 0 Å². The monoisotopic (exact) mass is 212 g/mol. The molecule has 1 unspecified atom stereocenters. The van der Waals surface area contributed by atoms with Crippen molar-refractivity contribution >= 4 is 11.3 Å². The lowest BCUT2D eigenvalue weighted by molar-refractivity contribution is 0.177. The zero-order valence-corrected chi connectivity index (χ0v) is 8.98. The van der Waals surface area contributed by atoms with E-state index in [0.29, 0.717) is 6.61 Å². The van der Waals surface area contributed by atoms with E-state index in [9.17, 15) is 0 Å². The first-order chi connectivity index (χ1) is 6.79. The second-order valence-corrected chi connectivity index (χ2v) is 4.88. The molecular weight excluding hydrogens is 196 g/mol. The highest BCUT2D eigenvalue weighted by Gasteiger charge is 2.29. The number of ether oxygens (including phenoxy) is 1. The average molecular weight is 212 g/mol. The van der Waals surface area contributed by atoms with E-state index in [1.807, 2.05) is 0 Å². The molecule has 0 aliphatic carbocycles. The van der Waals surface area contributed by atoms with Gasteiger partial charge in [-0.3, -0.25) is 0 Å². The summed E-state index contributed by atoms with van der Waals surface area (Å²) in [5, 5.41) is 5.47. The Kier molecular flexibility index (Phi) is 3.18. The summed E-state index contributed by atoms with van der Waals surface area (Å²) in [4.78, 5) is 1.35. The number of nitrogens with one attached hydrogen (secondary N) is 1. The Labute approximate surface area is 88.3 Å². The van der Waals surface area contributed by atoms with Crippen LogP contribution in [0.15, 0.2) is 17.5 Å². The van der Waals surface area contributed by atoms with Crippen LogP contribution in [-0.4, -0.2) is 25.3 Å². The topological polar surface area (TPSA) is 47.3 Å². The Bertz CT molecular complexity index is 268. The standard InChI is InChI=1S/C10H16N2OS/c11-10(3-4-13-8-10)7-12-6-9-2-1-5-14-9/h1-2,5,12H,3-4,6-8,11H2. The van der Waals surface area contributed by atoms with Crippen molar-refractivity contribution in [2.75, 3.05) is 19.8 Å². The summed E-state index contributed by atoms with van der Waals surface area (Å²) in [6.07, 6.45) is 0.963. The Morgan fingerprint density at radius 3 is 3.21 bits per heavy atom. The maximum absolute atomic E-state index is 6.11. The summed E-state index contributed by atoms with van der Waals surface area (Å²) < 4.78 is 5.29. The van der Waals surface area contributed by atoms with Gasteiger partial charge in [0.2, 0.25) is 0 Å². The van der Waals surface area contributed by atoms with Gasteiger partial charge in [0.05, 0.1) is 12.1 Å². The molecule has 1 atom stereocenters. The van der Waals surface area contributed by atoms with Crippen molar-refractivity contribution in [2.24, 2.45) is 5.73 Å². The van der Waals surface area contributed by atoms with Gasteiger partial charge in [0.1, 0.15) is 0 Å². The molecule has 0 radical (unpaired) electrons. The largest absolute Gasteiger partial charge is 0.379 e. The first-order valence-corrected chi connectivity index (χ1v) is 5.76. The van der Waals surface area contributed by atoms with Crippen LogP contribution < -0.4 is 11.1 Å². The van der Waals surface area contributed by atoms with Crippen molar-refractivity contribution in [2.45, 2.75) is 18.5 Å². The smallest absolute Gasteiger partial charge is 0.0659 e. The van der Waals surface area contributed by atoms with E-state index in [1.54, 1.807) is 11.3 Å². The molecule has 3 N–H and O–H groups in total. The van der Waals surface area contributed by atoms with Gasteiger partial charge in [-0.1, -0.05) is 6.07 Å². The van der Waals surface area contributed by atoms with Crippen molar-refractivity contribution in [3.8, 4) is 0 Å². The Morgan fingerprint density at radius 1 is 1.64 bits per heavy atom. The third-order valence-corrected chi connectivity index (χ3v) is 3.37. The molecule has 3 nitrogen and oxygen atoms in total. The summed E-state index contributed by atoms with van der Waals surface area (Å²) in [5.41, 5.74) is 5.97. The number of hydrogen-bond donors (Lipinski definition) is 2. The van der Waals surface area contributed by atoms with Crippen molar-refractivity contribution < 1.29 is 4.74 Å². The SMILES string of the molecule is NC1(CNCc2cccs2)CCOC1. The van der Waals surface area contributed by atoms with Gasteiger partial charge in [0, 0.05) is 24.6 Å². The second-order valence-electron chi connectivity index (χ2n) is 3.85. The van der Waals surface area contributed by atoms with Crippen LogP contribution in [0.3, 0.4) is 0 Å². The Morgan fingerprint density at radius 2 is 2.57 bits per heavy atom. The first-order valence-electron chi connectivity index (χ1n) is 4.88. The fraction of sp³-hybridized carbons (Fsp3) is 0.600. The molecule has 78 valence electrons. The molecule has 2 heterocycles. The second kappa shape index (κ2) is 4.40. The van der Waals surface area contributed by atoms with E-state index in [0.717, 1.165) is 26.1 Å². The maximum atomic E-state index is 6.11. The molecule has 0 aromatic carbocycles. The normalized spacial score (nSPS) is 26.9. The van der Waals surface area contributed by atoms with Crippen molar-refractivity contribution in [1.82, 2.24) is 5.32 Å². The molecule has 0 saturated carbocycles. The third-order valence-electron chi connectivity index (χ3n) is 2.49. The fourth-order valence-corrected chi connectivity index (χ4v) is 2.28. The Hall–Kier alpha value is -0.420. The summed E-state index contributed by atoms with van der Waals surface area (Å²) in [6, 6.07) is 4.20. The summed E-state index contributed by atoms with van der Waals surface area (Å²) in [6.45, 7) is 3.24. The van der Waals surface area contributed by atoms with E-state index in [4.69, 9.17) is 10.5 Å². The lowest BCUT2D eigenvalue weighted by atomic mass is 10.0. The number of thiophene rings is 1. The van der Waals surface area contributed by atoms with Gasteiger partial charge < -0.3 is 15.8 Å². The van der Waals surface area contributed by atoms with Crippen molar-refractivity contribution in [3.05, 3.63) is 22.4 Å². The van der Waals surface area contributed by atoms with Crippen LogP contribution in [0, 0.1) is 0 Å². The summed E-state index contributed by atoms with van der Waals surface area (Å²) >= 11 is 1.77. The number of rotatable bonds is 4. The van der Waals surface area contributed by atoms with Crippen LogP contribution in [0.2, 0.25) is 0 Å².